The molecule has 0 radical (unpaired) electrons. The molecule has 19 nitrogen and oxygen atoms in total. The van der Waals surface area contributed by atoms with Crippen molar-refractivity contribution < 1.29 is 47.7 Å². The number of benzene rings is 4. The number of aliphatic hydroxyl groups is 1. The molecular weight excluding hydrogens is 1120 g/mol. The Kier molecular flexibility index (Phi) is 18.9. The highest BCUT2D eigenvalue weighted by molar-refractivity contribution is 8.08. The Morgan fingerprint density at radius 1 is 0.826 bits per heavy atom. The number of carbonyl (C=O) groups is 6. The van der Waals surface area contributed by atoms with Gasteiger partial charge in [-0.3, -0.25) is 33.8 Å². The fourth-order valence-electron chi connectivity index (χ4n) is 12.0. The number of ether oxygens (including phenoxy) is 2. The van der Waals surface area contributed by atoms with Crippen molar-refractivity contribution in [1.82, 2.24) is 35.6 Å². The summed E-state index contributed by atoms with van der Waals surface area (Å²) in [6.45, 7) is 11.5. The number of fused-ring (bicyclic) bond motifs is 1. The molecule has 0 bridgehead atoms. The number of pyridine rings is 1. The predicted octanol–water partition coefficient (Wildman–Crippen LogP) is 8.24. The van der Waals surface area contributed by atoms with E-state index in [1.807, 2.05) is 45.0 Å². The van der Waals surface area contributed by atoms with Gasteiger partial charge in [0.25, 0.3) is 0 Å². The van der Waals surface area contributed by atoms with E-state index in [2.05, 4.69) is 67.4 Å². The first-order chi connectivity index (χ1) is 41.3. The number of piperidine rings is 2. The zero-order valence-electron chi connectivity index (χ0n) is 49.9. The molecule has 1 aliphatic carbocycles. The van der Waals surface area contributed by atoms with E-state index < -0.39 is 52.6 Å². The van der Waals surface area contributed by atoms with E-state index in [9.17, 15) is 38.3 Å². The van der Waals surface area contributed by atoms with Gasteiger partial charge >= 0.3 is 0 Å². The fraction of sp³-hybridized carbons (Fsp3) is 0.462. The van der Waals surface area contributed by atoms with Crippen LogP contribution in [0, 0.1) is 22.6 Å². The molecule has 5 heterocycles. The maximum atomic E-state index is 14.2. The average molecular weight is 1200 g/mol. The number of β-amino-alcohol motifs (C(OH)–C–C–N with tert-alkyl or cyclic N) is 1. The molecule has 1 saturated carbocycles. The summed E-state index contributed by atoms with van der Waals surface area (Å²) in [4.78, 5) is 95.3. The van der Waals surface area contributed by atoms with E-state index in [0.29, 0.717) is 60.5 Å². The minimum absolute atomic E-state index is 0.0113. The number of thioether (sulfide) groups is 1. The second-order valence-corrected chi connectivity index (χ2v) is 25.4. The van der Waals surface area contributed by atoms with E-state index in [4.69, 9.17) is 14.5 Å². The molecule has 10 rings (SSSR count). The highest BCUT2D eigenvalue weighted by Gasteiger charge is 2.56. The number of hydrogen-bond acceptors (Lipinski definition) is 14. The van der Waals surface area contributed by atoms with Crippen molar-refractivity contribution in [1.29, 1.82) is 0 Å². The van der Waals surface area contributed by atoms with Crippen LogP contribution in [-0.2, 0) is 35.3 Å². The van der Waals surface area contributed by atoms with E-state index in [0.717, 1.165) is 85.5 Å². The average Bonchev–Trinajstić information content (AvgIpc) is 1.89. The third-order valence-corrected chi connectivity index (χ3v) is 18.8. The molecule has 4 aromatic carbocycles. The highest BCUT2D eigenvalue weighted by Crippen LogP contribution is 2.48. The van der Waals surface area contributed by atoms with Crippen molar-refractivity contribution >= 4 is 80.1 Å². The zero-order valence-corrected chi connectivity index (χ0v) is 50.7. The summed E-state index contributed by atoms with van der Waals surface area (Å²) in [6.07, 6.45) is 5.62. The van der Waals surface area contributed by atoms with Crippen molar-refractivity contribution in [3.63, 3.8) is 0 Å². The molecule has 0 spiro atoms. The van der Waals surface area contributed by atoms with Gasteiger partial charge in [-0.25, -0.2) is 4.39 Å². The number of aliphatic hydroxyl groups excluding tert-OH is 1. The fourth-order valence-corrected chi connectivity index (χ4v) is 13.1. The molecular formula is C65H79FN10O9S. The first-order valence-corrected chi connectivity index (χ1v) is 30.8. The number of hydrogen-bond donors (Lipinski definition) is 6. The van der Waals surface area contributed by atoms with Crippen LogP contribution in [0.5, 0.6) is 17.2 Å². The normalized spacial score (nSPS) is 19.5. The molecule has 456 valence electrons. The second kappa shape index (κ2) is 26.5. The smallest absolute Gasteiger partial charge is 0.246 e. The van der Waals surface area contributed by atoms with Crippen LogP contribution in [0.25, 0.3) is 15.8 Å². The summed E-state index contributed by atoms with van der Waals surface area (Å²) in [5.41, 5.74) is 4.01. The van der Waals surface area contributed by atoms with E-state index in [1.54, 1.807) is 55.4 Å². The molecule has 86 heavy (non-hydrogen) atoms. The number of rotatable bonds is 20. The minimum atomic E-state index is -1.19. The van der Waals surface area contributed by atoms with Gasteiger partial charge in [0.15, 0.2) is 0 Å². The number of nitrogens with zero attached hydrogens (tertiary/aromatic N) is 5. The lowest BCUT2D eigenvalue weighted by Gasteiger charge is -2.42. The maximum absolute atomic E-state index is 14.2. The van der Waals surface area contributed by atoms with E-state index in [-0.39, 0.29) is 49.6 Å². The second-order valence-electron chi connectivity index (χ2n) is 24.5. The van der Waals surface area contributed by atoms with Gasteiger partial charge in [-0.1, -0.05) is 45.0 Å². The number of allylic oxidation sites excluding steroid dienone is 1. The van der Waals surface area contributed by atoms with Gasteiger partial charge in [0, 0.05) is 98.1 Å². The number of carbonyl (C=O) groups excluding carboxylic acids is 6. The number of nitrogens with one attached hydrogen (secondary N) is 5. The van der Waals surface area contributed by atoms with Gasteiger partial charge in [0.1, 0.15) is 40.6 Å². The Labute approximate surface area is 506 Å². The van der Waals surface area contributed by atoms with Crippen LogP contribution in [0.1, 0.15) is 96.6 Å². The van der Waals surface area contributed by atoms with Gasteiger partial charge in [0.2, 0.25) is 35.4 Å². The first kappa shape index (κ1) is 61.3. The Bertz CT molecular complexity index is 3340. The van der Waals surface area contributed by atoms with Crippen LogP contribution < -0.4 is 41.0 Å². The van der Waals surface area contributed by atoms with Gasteiger partial charge in [-0.05, 0) is 148 Å². The molecule has 5 aromatic rings. The maximum Gasteiger partial charge on any atom is 0.246 e. The van der Waals surface area contributed by atoms with Crippen LogP contribution in [0.3, 0.4) is 0 Å². The minimum Gasteiger partial charge on any atom is -0.495 e. The molecule has 0 unspecified atom stereocenters. The molecule has 21 heteroatoms. The summed E-state index contributed by atoms with van der Waals surface area (Å²) in [6, 6.07) is 24.8. The van der Waals surface area contributed by atoms with Gasteiger partial charge in [-0.15, -0.1) is 11.8 Å². The van der Waals surface area contributed by atoms with Crippen molar-refractivity contribution in [2.45, 2.75) is 116 Å². The van der Waals surface area contributed by atoms with Crippen molar-refractivity contribution in [3.05, 3.63) is 120 Å². The number of methoxy groups -OCH3 is 1. The highest BCUT2D eigenvalue weighted by atomic mass is 32.2. The molecule has 6 amide bonds. The topological polar surface area (TPSA) is 227 Å². The number of likely N-dealkylation sites (tertiary alicyclic amines) is 2. The number of halogens is 1. The van der Waals surface area contributed by atoms with Gasteiger partial charge < -0.3 is 60.8 Å². The molecule has 5 aliphatic rings. The first-order valence-electron chi connectivity index (χ1n) is 29.9. The summed E-state index contributed by atoms with van der Waals surface area (Å²) < 4.78 is 25.7. The zero-order chi connectivity index (χ0) is 60.9. The lowest BCUT2D eigenvalue weighted by atomic mass is 9.85. The Morgan fingerprint density at radius 3 is 2.10 bits per heavy atom. The van der Waals surface area contributed by atoms with Crippen LogP contribution >= 0.6 is 11.8 Å². The molecule has 3 saturated heterocycles. The summed E-state index contributed by atoms with van der Waals surface area (Å²) in [5.74, 6) is 0.233. The number of aromatic nitrogens is 1. The Balaban J connectivity index is 0.641. The molecule has 1 aromatic heterocycles. The van der Waals surface area contributed by atoms with Crippen molar-refractivity contribution in [3.8, 4) is 17.2 Å². The van der Waals surface area contributed by atoms with Crippen molar-refractivity contribution in [2.75, 3.05) is 74.8 Å². The monoisotopic (exact) mass is 1190 g/mol. The molecule has 6 N–H and O–H groups in total. The third kappa shape index (κ3) is 14.2. The number of anilines is 3. The Morgan fingerprint density at radius 2 is 1.49 bits per heavy atom. The van der Waals surface area contributed by atoms with E-state index >= 15 is 0 Å². The van der Waals surface area contributed by atoms with Crippen LogP contribution in [-0.4, -0.2) is 144 Å². The number of amides is 6. The summed E-state index contributed by atoms with van der Waals surface area (Å²) in [5, 5.41) is 26.0. The largest absolute Gasteiger partial charge is 0.495 e. The van der Waals surface area contributed by atoms with Crippen LogP contribution in [0.2, 0.25) is 0 Å². The van der Waals surface area contributed by atoms with Crippen molar-refractivity contribution in [2.24, 2.45) is 16.7 Å². The predicted molar refractivity (Wildman–Crippen MR) is 331 cm³/mol. The lowest BCUT2D eigenvalue weighted by Crippen LogP contribution is -2.57. The molecule has 4 fully saturated rings. The lowest BCUT2D eigenvalue weighted by molar-refractivity contribution is -0.144. The quantitative estimate of drug-likeness (QED) is 0.0319. The molecule has 3 atom stereocenters. The Hall–Kier alpha value is -7.75. The molecule has 4 aliphatic heterocycles. The SMILES string of the molecule is COc1cc2c(Oc3ccc(NC(=O)C4(C(=O)Nc5ccc(F)cc5)CC4)cc3)ccnc2cc1N1CCC(N2CCC(C(=O)NCCCC(=O)N[C@H](C(=O)N3C[C@H](O)C[C@H]3C(=O)NCc3ccc(C4=C(C)N(C)CS4)cc3)C(C)(C)C)CC2)CC1. The summed E-state index contributed by atoms with van der Waals surface area (Å²) >= 11 is 1.80. The van der Waals surface area contributed by atoms with Crippen LogP contribution in [0.4, 0.5) is 21.5 Å². The summed E-state index contributed by atoms with van der Waals surface area (Å²) in [7, 11) is 3.73. The van der Waals surface area contributed by atoms with Crippen LogP contribution in [0.15, 0.2) is 103 Å². The standard InChI is InChI=1S/C65H79FN10O9S/c1-40-57(86-39-73(40)5)42-11-9-41(10-12-42)37-69-60(80)53-34-48(77)38-76(53)61(81)58(64(2,3)4)72-56(78)8-7-28-68-59(79)43-22-30-74(31-23-43)47-24-32-75(33-25-47)52-36-51-50(35-55(52)84-6)54(21-29-67-51)85-49-19-17-46(18-20-49)71-63(83)65(26-27-65)62(82)70-45-15-13-44(66)14-16-45/h9-21,29,35-36,43,47-48,53,58,77H,7-8,22-28,30-34,37-39H2,1-6H3,(H,68,79)(H,69,80)(H,70,82)(H,71,83)(H,72,78)/t48-,53+,58-/m1/s1. The van der Waals surface area contributed by atoms with Gasteiger partial charge in [-0.2, -0.15) is 0 Å². The van der Waals surface area contributed by atoms with Gasteiger partial charge in [0.05, 0.1) is 30.3 Å². The third-order valence-electron chi connectivity index (χ3n) is 17.4. The van der Waals surface area contributed by atoms with E-state index in [1.165, 1.54) is 39.8 Å².